The molecular formula is C28H39NO. The topological polar surface area (TPSA) is 36.0 Å². The van der Waals surface area contributed by atoms with E-state index < -0.39 is 0 Å². The van der Waals surface area contributed by atoms with Crippen LogP contribution in [0.15, 0.2) is 42.6 Å². The Balaban J connectivity index is 1.74. The molecule has 3 saturated carbocycles. The summed E-state index contributed by atoms with van der Waals surface area (Å²) < 4.78 is 0. The summed E-state index contributed by atoms with van der Waals surface area (Å²) in [5, 5.41) is 13.1. The van der Waals surface area contributed by atoms with Crippen molar-refractivity contribution in [3.05, 3.63) is 48.2 Å². The highest BCUT2D eigenvalue weighted by Gasteiger charge is 2.67. The van der Waals surface area contributed by atoms with E-state index in [0.29, 0.717) is 29.6 Å². The monoisotopic (exact) mass is 405 g/mol. The van der Waals surface area contributed by atoms with Crippen LogP contribution in [0.5, 0.6) is 0 Å². The Bertz CT molecular complexity index is 958. The fourth-order valence-corrected chi connectivity index (χ4v) is 8.57. The standard InChI is InChI=1S/C28H39NO/c1-17(2)20-13-15-28-24(30)11-10-19(4)27(28,5)14-12-18(3)26(28)25(20)22-16-29-23-9-7-6-8-21(22)23/h6-9,16,18-20,24-26,29-30H,1,10-15H2,2-5H3/t18-,19-,20+,24+,25-,26+,27+,28+/m1/s1. The molecule has 0 aliphatic heterocycles. The Kier molecular flexibility index (Phi) is 4.74. The van der Waals surface area contributed by atoms with Gasteiger partial charge >= 0.3 is 0 Å². The van der Waals surface area contributed by atoms with Gasteiger partial charge in [0.25, 0.3) is 0 Å². The fourth-order valence-electron chi connectivity index (χ4n) is 8.57. The van der Waals surface area contributed by atoms with Crippen LogP contribution in [0.3, 0.4) is 0 Å². The van der Waals surface area contributed by atoms with Crippen LogP contribution >= 0.6 is 0 Å². The second-order valence-electron chi connectivity index (χ2n) is 11.3. The van der Waals surface area contributed by atoms with E-state index >= 15 is 0 Å². The predicted octanol–water partition coefficient (Wildman–Crippen LogP) is 7.07. The summed E-state index contributed by atoms with van der Waals surface area (Å²) in [7, 11) is 0. The molecule has 0 amide bonds. The van der Waals surface area contributed by atoms with Gasteiger partial charge in [0.1, 0.15) is 0 Å². The number of rotatable bonds is 2. The molecule has 8 atom stereocenters. The molecule has 0 bridgehead atoms. The van der Waals surface area contributed by atoms with E-state index in [9.17, 15) is 5.11 Å². The number of hydrogen-bond acceptors (Lipinski definition) is 1. The van der Waals surface area contributed by atoms with Crippen molar-refractivity contribution in [3.8, 4) is 0 Å². The second kappa shape index (κ2) is 6.99. The van der Waals surface area contributed by atoms with E-state index in [0.717, 1.165) is 19.3 Å². The molecule has 3 aliphatic carbocycles. The summed E-state index contributed by atoms with van der Waals surface area (Å²) in [5.41, 5.74) is 4.27. The van der Waals surface area contributed by atoms with Gasteiger partial charge in [-0.15, -0.1) is 0 Å². The summed E-state index contributed by atoms with van der Waals surface area (Å²) >= 11 is 0. The van der Waals surface area contributed by atoms with Crippen LogP contribution < -0.4 is 0 Å². The van der Waals surface area contributed by atoms with Gasteiger partial charge in [-0.1, -0.05) is 51.1 Å². The van der Waals surface area contributed by atoms with Crippen molar-refractivity contribution in [1.82, 2.24) is 4.98 Å². The van der Waals surface area contributed by atoms with Gasteiger partial charge in [0.2, 0.25) is 0 Å². The Morgan fingerprint density at radius 1 is 1.10 bits per heavy atom. The van der Waals surface area contributed by atoms with Crippen LogP contribution in [0.25, 0.3) is 10.9 Å². The minimum absolute atomic E-state index is 0.0251. The van der Waals surface area contributed by atoms with Crippen molar-refractivity contribution in [3.63, 3.8) is 0 Å². The molecule has 2 heteroatoms. The first-order chi connectivity index (χ1) is 14.3. The van der Waals surface area contributed by atoms with Crippen molar-refractivity contribution in [2.24, 2.45) is 34.5 Å². The van der Waals surface area contributed by atoms with Crippen LogP contribution in [0, 0.1) is 34.5 Å². The largest absolute Gasteiger partial charge is 0.393 e. The molecule has 0 unspecified atom stereocenters. The first-order valence-electron chi connectivity index (χ1n) is 12.2. The molecule has 30 heavy (non-hydrogen) atoms. The van der Waals surface area contributed by atoms with Gasteiger partial charge in [-0.2, -0.15) is 0 Å². The molecule has 1 spiro atoms. The summed E-state index contributed by atoms with van der Waals surface area (Å²) in [6.07, 6.45) is 9.10. The van der Waals surface area contributed by atoms with Crippen LogP contribution in [0.1, 0.15) is 77.7 Å². The molecule has 3 fully saturated rings. The summed E-state index contributed by atoms with van der Waals surface area (Å²) in [6, 6.07) is 8.76. The molecule has 2 aromatic rings. The van der Waals surface area contributed by atoms with E-state index in [1.165, 1.54) is 41.3 Å². The van der Waals surface area contributed by atoms with Gasteiger partial charge in [0, 0.05) is 22.5 Å². The number of para-hydroxylation sites is 1. The number of fused-ring (bicyclic) bond motifs is 1. The number of aliphatic hydroxyl groups is 1. The number of aliphatic hydroxyl groups excluding tert-OH is 1. The SMILES string of the molecule is C=C(C)[C@@H]1CC[C@]23[C@H]([C@H]1c1c[nH]c4ccccc14)[C@H](C)CC[C@@]2(C)[C@H](C)CC[C@@H]3O. The smallest absolute Gasteiger partial charge is 0.0604 e. The van der Waals surface area contributed by atoms with Crippen molar-refractivity contribution >= 4 is 10.9 Å². The van der Waals surface area contributed by atoms with Crippen LogP contribution in [0.4, 0.5) is 0 Å². The zero-order chi connectivity index (χ0) is 21.3. The lowest BCUT2D eigenvalue weighted by Gasteiger charge is -2.69. The third kappa shape index (κ3) is 2.52. The maximum absolute atomic E-state index is 11.7. The normalized spacial score (nSPS) is 43.8. The van der Waals surface area contributed by atoms with Gasteiger partial charge in [-0.3, -0.25) is 0 Å². The Hall–Kier alpha value is -1.54. The average Bonchev–Trinajstić information content (AvgIpc) is 3.16. The van der Waals surface area contributed by atoms with E-state index in [-0.39, 0.29) is 16.9 Å². The molecule has 3 aliphatic rings. The number of aromatic nitrogens is 1. The predicted molar refractivity (Wildman–Crippen MR) is 125 cm³/mol. The number of hydrogen-bond donors (Lipinski definition) is 2. The van der Waals surface area contributed by atoms with Crippen molar-refractivity contribution in [2.45, 2.75) is 78.2 Å². The molecule has 5 rings (SSSR count). The molecule has 1 aromatic carbocycles. The van der Waals surface area contributed by atoms with Gasteiger partial charge in [-0.05, 0) is 92.1 Å². The minimum Gasteiger partial charge on any atom is -0.393 e. The van der Waals surface area contributed by atoms with E-state index in [1.807, 2.05) is 0 Å². The highest BCUT2D eigenvalue weighted by molar-refractivity contribution is 5.83. The maximum Gasteiger partial charge on any atom is 0.0604 e. The van der Waals surface area contributed by atoms with Crippen LogP contribution in [-0.4, -0.2) is 16.2 Å². The molecule has 0 radical (unpaired) electrons. The number of benzene rings is 1. The van der Waals surface area contributed by atoms with E-state index in [1.54, 1.807) is 0 Å². The van der Waals surface area contributed by atoms with Crippen LogP contribution in [-0.2, 0) is 0 Å². The first kappa shape index (κ1) is 20.4. The molecule has 162 valence electrons. The lowest BCUT2D eigenvalue weighted by Crippen LogP contribution is -2.65. The highest BCUT2D eigenvalue weighted by atomic mass is 16.3. The minimum atomic E-state index is -0.176. The van der Waals surface area contributed by atoms with Crippen LogP contribution in [0.2, 0.25) is 0 Å². The van der Waals surface area contributed by atoms with Crippen molar-refractivity contribution in [1.29, 1.82) is 0 Å². The van der Waals surface area contributed by atoms with Crippen molar-refractivity contribution in [2.75, 3.05) is 0 Å². The van der Waals surface area contributed by atoms with E-state index in [2.05, 4.69) is 69.7 Å². The summed E-state index contributed by atoms with van der Waals surface area (Å²) in [4.78, 5) is 3.56. The Labute approximate surface area is 182 Å². The maximum atomic E-state index is 11.7. The third-order valence-corrected chi connectivity index (χ3v) is 10.2. The van der Waals surface area contributed by atoms with Crippen molar-refractivity contribution < 1.29 is 5.11 Å². The zero-order valence-electron chi connectivity index (χ0n) is 19.2. The lowest BCUT2D eigenvalue weighted by atomic mass is 9.35. The number of H-pyrrole nitrogens is 1. The number of nitrogens with one attached hydrogen (secondary N) is 1. The molecule has 2 N–H and O–H groups in total. The molecular weight excluding hydrogens is 366 g/mol. The zero-order valence-corrected chi connectivity index (χ0v) is 19.2. The average molecular weight is 406 g/mol. The third-order valence-electron chi connectivity index (χ3n) is 10.2. The van der Waals surface area contributed by atoms with Gasteiger partial charge in [0.05, 0.1) is 6.10 Å². The Morgan fingerprint density at radius 2 is 1.87 bits per heavy atom. The summed E-state index contributed by atoms with van der Waals surface area (Å²) in [6.45, 7) is 14.2. The fraction of sp³-hybridized carbons (Fsp3) is 0.643. The quantitative estimate of drug-likeness (QED) is 0.515. The molecule has 1 heterocycles. The van der Waals surface area contributed by atoms with Gasteiger partial charge in [0.15, 0.2) is 0 Å². The first-order valence-corrected chi connectivity index (χ1v) is 12.2. The Morgan fingerprint density at radius 3 is 2.63 bits per heavy atom. The van der Waals surface area contributed by atoms with E-state index in [4.69, 9.17) is 0 Å². The number of aromatic amines is 1. The second-order valence-corrected chi connectivity index (χ2v) is 11.3. The molecule has 1 aromatic heterocycles. The highest BCUT2D eigenvalue weighted by Crippen LogP contribution is 2.72. The number of allylic oxidation sites excluding steroid dienone is 1. The lowest BCUT2D eigenvalue weighted by molar-refractivity contribution is -0.228. The molecule has 0 saturated heterocycles. The molecule has 2 nitrogen and oxygen atoms in total. The van der Waals surface area contributed by atoms with Gasteiger partial charge in [-0.25, -0.2) is 0 Å². The van der Waals surface area contributed by atoms with Gasteiger partial charge < -0.3 is 10.1 Å². The summed E-state index contributed by atoms with van der Waals surface area (Å²) in [5.74, 6) is 2.74.